The third kappa shape index (κ3) is 5.35. The Morgan fingerprint density at radius 2 is 2.06 bits per heavy atom. The molecule has 0 radical (unpaired) electrons. The zero-order valence-corrected chi connectivity index (χ0v) is 10.5. The maximum Gasteiger partial charge on any atom is 0.419 e. The summed E-state index contributed by atoms with van der Waals surface area (Å²) in [6, 6.07) is 2.43. The fraction of sp³-hybridized carbons (Fsp3) is 0.583. The topological polar surface area (TPSA) is 35.4 Å². The number of hydrogen-bond donors (Lipinski definition) is 1. The first-order valence-corrected chi connectivity index (χ1v) is 5.84. The minimum Gasteiger partial charge on any atom is -0.379 e. The van der Waals surface area contributed by atoms with Crippen LogP contribution in [0.4, 0.5) is 19.0 Å². The summed E-state index contributed by atoms with van der Waals surface area (Å²) in [5.74, 6) is 0.563. The van der Waals surface area contributed by atoms with E-state index in [0.717, 1.165) is 18.7 Å². The largest absolute Gasteiger partial charge is 0.419 e. The highest BCUT2D eigenvalue weighted by Crippen LogP contribution is 2.27. The van der Waals surface area contributed by atoms with Crippen LogP contribution in [0.2, 0.25) is 0 Å². The summed E-state index contributed by atoms with van der Waals surface area (Å²) in [6.45, 7) is 5.19. The molecule has 18 heavy (non-hydrogen) atoms. The summed E-state index contributed by atoms with van der Waals surface area (Å²) >= 11 is 0. The number of rotatable bonds is 6. The summed E-state index contributed by atoms with van der Waals surface area (Å²) in [6.07, 6.45) is -2.36. The van der Waals surface area contributed by atoms with Crippen LogP contribution < -0.4 is 10.3 Å². The van der Waals surface area contributed by atoms with Gasteiger partial charge in [0.15, 0.2) is 0 Å². The van der Waals surface area contributed by atoms with Gasteiger partial charge in [-0.05, 0) is 19.9 Å². The van der Waals surface area contributed by atoms with Gasteiger partial charge in [-0.1, -0.05) is 0 Å². The lowest BCUT2D eigenvalue weighted by molar-refractivity contribution is -0.364. The van der Waals surface area contributed by atoms with Gasteiger partial charge in [-0.2, -0.15) is 13.2 Å². The number of ether oxygens (including phenoxy) is 1. The van der Waals surface area contributed by atoms with E-state index in [0.29, 0.717) is 19.0 Å². The summed E-state index contributed by atoms with van der Waals surface area (Å²) in [5, 5.41) is 2.99. The van der Waals surface area contributed by atoms with Gasteiger partial charge in [-0.3, -0.25) is 5.32 Å². The maximum absolute atomic E-state index is 12.3. The van der Waals surface area contributed by atoms with E-state index in [1.54, 1.807) is 0 Å². The number of halogens is 3. The molecule has 1 aromatic heterocycles. The molecule has 0 aliphatic heterocycles. The third-order valence-corrected chi connectivity index (χ3v) is 2.23. The molecule has 1 heterocycles. The van der Waals surface area contributed by atoms with Crippen LogP contribution in [0.25, 0.3) is 0 Å². The Hall–Kier alpha value is -1.30. The summed E-state index contributed by atoms with van der Waals surface area (Å²) in [5.41, 5.74) is -0.684. The molecule has 1 aromatic rings. The molecule has 6 heteroatoms. The lowest BCUT2D eigenvalue weighted by atomic mass is 10.3. The number of hydrogen-bond acceptors (Lipinski definition) is 2. The second kappa shape index (κ2) is 6.58. The van der Waals surface area contributed by atoms with Crippen molar-refractivity contribution in [1.82, 2.24) is 0 Å². The molecule has 102 valence electrons. The molecule has 2 N–H and O–H groups in total. The molecule has 0 saturated heterocycles. The number of anilines is 1. The molecule has 0 aliphatic rings. The van der Waals surface area contributed by atoms with Crippen LogP contribution in [0.5, 0.6) is 0 Å². The standard InChI is InChI=1S/C12H17F3N2O/c1-9(2)18-7-3-6-16-11-5-4-10(8-17-11)12(13,14)15/h4-5,8-9H,3,6-7H2,1-2H3,(H,16,17)/p+1. The van der Waals surface area contributed by atoms with E-state index in [2.05, 4.69) is 10.3 Å². The van der Waals surface area contributed by atoms with Crippen molar-refractivity contribution in [2.24, 2.45) is 0 Å². The zero-order valence-electron chi connectivity index (χ0n) is 10.5. The average molecular weight is 263 g/mol. The normalized spacial score (nSPS) is 11.9. The highest BCUT2D eigenvalue weighted by molar-refractivity contribution is 5.29. The van der Waals surface area contributed by atoms with Gasteiger partial charge >= 0.3 is 6.18 Å². The van der Waals surface area contributed by atoms with Crippen LogP contribution >= 0.6 is 0 Å². The third-order valence-electron chi connectivity index (χ3n) is 2.23. The fourth-order valence-corrected chi connectivity index (χ4v) is 1.33. The number of aromatic nitrogens is 1. The van der Waals surface area contributed by atoms with Crippen LogP contribution in [0.1, 0.15) is 25.8 Å². The van der Waals surface area contributed by atoms with Gasteiger partial charge < -0.3 is 4.74 Å². The van der Waals surface area contributed by atoms with Gasteiger partial charge in [0.2, 0.25) is 0 Å². The van der Waals surface area contributed by atoms with E-state index in [1.165, 1.54) is 6.07 Å². The Balaban J connectivity index is 2.31. The van der Waals surface area contributed by atoms with Crippen LogP contribution in [0, 0.1) is 0 Å². The highest BCUT2D eigenvalue weighted by Gasteiger charge is 2.31. The lowest BCUT2D eigenvalue weighted by Gasteiger charge is -2.06. The van der Waals surface area contributed by atoms with Crippen molar-refractivity contribution in [3.63, 3.8) is 0 Å². The van der Waals surface area contributed by atoms with E-state index in [1.807, 2.05) is 13.8 Å². The number of alkyl halides is 3. The number of pyridine rings is 1. The number of nitrogens with one attached hydrogen (secondary N) is 2. The van der Waals surface area contributed by atoms with E-state index >= 15 is 0 Å². The molecular formula is C12H18F3N2O+. The predicted molar refractivity (Wildman–Crippen MR) is 62.2 cm³/mol. The predicted octanol–water partition coefficient (Wildman–Crippen LogP) is 2.75. The van der Waals surface area contributed by atoms with E-state index in [4.69, 9.17) is 4.74 Å². The van der Waals surface area contributed by atoms with Crippen molar-refractivity contribution in [2.45, 2.75) is 32.5 Å². The molecule has 0 atom stereocenters. The Bertz CT molecular complexity index is 349. The molecule has 0 fully saturated rings. The molecule has 0 aromatic carbocycles. The van der Waals surface area contributed by atoms with Gasteiger partial charge in [-0.15, -0.1) is 0 Å². The van der Waals surface area contributed by atoms with Crippen LogP contribution in [0.3, 0.4) is 0 Å². The van der Waals surface area contributed by atoms with Gasteiger partial charge in [0.1, 0.15) is 6.20 Å². The van der Waals surface area contributed by atoms with Crippen molar-refractivity contribution in [3.05, 3.63) is 23.9 Å². The molecule has 0 bridgehead atoms. The quantitative estimate of drug-likeness (QED) is 0.801. The van der Waals surface area contributed by atoms with Crippen molar-refractivity contribution in [2.75, 3.05) is 18.5 Å². The Kier molecular flexibility index (Phi) is 5.40. The minimum absolute atomic E-state index is 0.197. The van der Waals surface area contributed by atoms with Crippen molar-refractivity contribution >= 4 is 5.82 Å². The van der Waals surface area contributed by atoms with Crippen molar-refractivity contribution < 1.29 is 22.9 Å². The Morgan fingerprint density at radius 3 is 2.56 bits per heavy atom. The van der Waals surface area contributed by atoms with Gasteiger partial charge in [0.05, 0.1) is 24.8 Å². The van der Waals surface area contributed by atoms with E-state index in [-0.39, 0.29) is 6.10 Å². The second-order valence-electron chi connectivity index (χ2n) is 4.19. The second-order valence-corrected chi connectivity index (χ2v) is 4.19. The SMILES string of the molecule is CC(C)OCCCNc1ccc(C(F)(F)F)c[nH+]1. The van der Waals surface area contributed by atoms with Crippen molar-refractivity contribution in [1.29, 1.82) is 0 Å². The smallest absolute Gasteiger partial charge is 0.379 e. The fourth-order valence-electron chi connectivity index (χ4n) is 1.33. The monoisotopic (exact) mass is 263 g/mol. The maximum atomic E-state index is 12.3. The molecular weight excluding hydrogens is 245 g/mol. The van der Waals surface area contributed by atoms with E-state index in [9.17, 15) is 13.2 Å². The summed E-state index contributed by atoms with van der Waals surface area (Å²) < 4.78 is 42.2. The first-order chi connectivity index (χ1) is 8.39. The summed E-state index contributed by atoms with van der Waals surface area (Å²) in [4.78, 5) is 2.57. The molecule has 1 rings (SSSR count). The van der Waals surface area contributed by atoms with Crippen molar-refractivity contribution in [3.8, 4) is 0 Å². The first-order valence-electron chi connectivity index (χ1n) is 5.84. The molecule has 0 aliphatic carbocycles. The molecule has 0 spiro atoms. The Morgan fingerprint density at radius 1 is 1.33 bits per heavy atom. The Labute approximate surface area is 104 Å². The molecule has 0 saturated carbocycles. The average Bonchev–Trinajstić information content (AvgIpc) is 2.27. The highest BCUT2D eigenvalue weighted by atomic mass is 19.4. The van der Waals surface area contributed by atoms with Gasteiger partial charge in [0, 0.05) is 12.5 Å². The zero-order chi connectivity index (χ0) is 13.6. The molecule has 0 unspecified atom stereocenters. The molecule has 3 nitrogen and oxygen atoms in total. The van der Waals surface area contributed by atoms with Gasteiger partial charge in [-0.25, -0.2) is 4.98 Å². The van der Waals surface area contributed by atoms with E-state index < -0.39 is 11.7 Å². The number of aromatic amines is 1. The molecule has 0 amide bonds. The first kappa shape index (κ1) is 14.8. The lowest BCUT2D eigenvalue weighted by Crippen LogP contribution is -2.18. The van der Waals surface area contributed by atoms with Crippen LogP contribution in [-0.2, 0) is 10.9 Å². The van der Waals surface area contributed by atoms with Crippen LogP contribution in [0.15, 0.2) is 18.3 Å². The van der Waals surface area contributed by atoms with Crippen LogP contribution in [-0.4, -0.2) is 19.3 Å². The van der Waals surface area contributed by atoms with Gasteiger partial charge in [0.25, 0.3) is 5.82 Å². The minimum atomic E-state index is -4.31. The summed E-state index contributed by atoms with van der Waals surface area (Å²) in [7, 11) is 0. The number of H-pyrrole nitrogens is 1.